The topological polar surface area (TPSA) is 58.4 Å². The fourth-order valence-electron chi connectivity index (χ4n) is 2.85. The van der Waals surface area contributed by atoms with Crippen LogP contribution in [0.5, 0.6) is 0 Å². The van der Waals surface area contributed by atoms with Crippen LogP contribution in [0.25, 0.3) is 0 Å². The van der Waals surface area contributed by atoms with Gasteiger partial charge < -0.3 is 16.0 Å². The van der Waals surface area contributed by atoms with Crippen LogP contribution in [-0.4, -0.2) is 43.5 Å². The van der Waals surface area contributed by atoms with Gasteiger partial charge in [0, 0.05) is 19.1 Å². The van der Waals surface area contributed by atoms with Crippen LogP contribution in [0.2, 0.25) is 0 Å². The molecule has 3 N–H and O–H groups in total. The van der Waals surface area contributed by atoms with Gasteiger partial charge in [-0.25, -0.2) is 0 Å². The quantitative estimate of drug-likeness (QED) is 0.671. The standard InChI is InChI=1S/C16H33N3O/c1-4-16(2,13-17)15(20)18-11-8-12-19(3)14-9-6-5-7-10-14/h14H,4-13,17H2,1-3H3,(H,18,20). The van der Waals surface area contributed by atoms with Crippen LogP contribution in [0, 0.1) is 5.41 Å². The van der Waals surface area contributed by atoms with Gasteiger partial charge in [-0.1, -0.05) is 26.2 Å². The van der Waals surface area contributed by atoms with E-state index in [0.29, 0.717) is 6.54 Å². The number of carbonyl (C=O) groups excluding carboxylic acids is 1. The highest BCUT2D eigenvalue weighted by atomic mass is 16.2. The molecule has 0 saturated heterocycles. The average Bonchev–Trinajstić information content (AvgIpc) is 2.51. The van der Waals surface area contributed by atoms with Crippen molar-refractivity contribution in [1.29, 1.82) is 0 Å². The Labute approximate surface area is 124 Å². The molecule has 1 aliphatic rings. The molecule has 1 amide bonds. The van der Waals surface area contributed by atoms with Gasteiger partial charge in [0.2, 0.25) is 5.91 Å². The molecule has 0 aromatic rings. The monoisotopic (exact) mass is 283 g/mol. The molecule has 0 aliphatic heterocycles. The lowest BCUT2D eigenvalue weighted by Gasteiger charge is -2.31. The third-order valence-electron chi connectivity index (χ3n) is 4.95. The highest BCUT2D eigenvalue weighted by Gasteiger charge is 2.29. The molecule has 0 bridgehead atoms. The molecular formula is C16H33N3O. The molecule has 0 aromatic carbocycles. The zero-order valence-corrected chi connectivity index (χ0v) is 13.6. The highest BCUT2D eigenvalue weighted by Crippen LogP contribution is 2.21. The van der Waals surface area contributed by atoms with E-state index in [9.17, 15) is 4.79 Å². The first-order valence-electron chi connectivity index (χ1n) is 8.22. The number of carbonyl (C=O) groups is 1. The molecular weight excluding hydrogens is 250 g/mol. The zero-order valence-electron chi connectivity index (χ0n) is 13.6. The normalized spacial score (nSPS) is 19.9. The minimum absolute atomic E-state index is 0.0998. The van der Waals surface area contributed by atoms with Crippen molar-refractivity contribution in [2.45, 2.75) is 64.8 Å². The summed E-state index contributed by atoms with van der Waals surface area (Å²) >= 11 is 0. The first kappa shape index (κ1) is 17.4. The molecule has 0 heterocycles. The lowest BCUT2D eigenvalue weighted by atomic mass is 9.87. The molecule has 0 radical (unpaired) electrons. The molecule has 4 nitrogen and oxygen atoms in total. The first-order valence-corrected chi connectivity index (χ1v) is 8.22. The molecule has 118 valence electrons. The van der Waals surface area contributed by atoms with Crippen molar-refractivity contribution in [3.8, 4) is 0 Å². The van der Waals surface area contributed by atoms with E-state index in [2.05, 4.69) is 17.3 Å². The lowest BCUT2D eigenvalue weighted by molar-refractivity contribution is -0.129. The van der Waals surface area contributed by atoms with E-state index in [1.54, 1.807) is 0 Å². The number of nitrogens with two attached hydrogens (primary N) is 1. The van der Waals surface area contributed by atoms with Crippen molar-refractivity contribution in [1.82, 2.24) is 10.2 Å². The van der Waals surface area contributed by atoms with E-state index in [-0.39, 0.29) is 5.91 Å². The Balaban J connectivity index is 2.19. The van der Waals surface area contributed by atoms with Crippen molar-refractivity contribution in [3.05, 3.63) is 0 Å². The fraction of sp³-hybridized carbons (Fsp3) is 0.938. The van der Waals surface area contributed by atoms with Crippen LogP contribution in [0.4, 0.5) is 0 Å². The maximum absolute atomic E-state index is 12.1. The van der Waals surface area contributed by atoms with Crippen molar-refractivity contribution < 1.29 is 4.79 Å². The maximum atomic E-state index is 12.1. The smallest absolute Gasteiger partial charge is 0.227 e. The Morgan fingerprint density at radius 3 is 2.55 bits per heavy atom. The van der Waals surface area contributed by atoms with Gasteiger partial charge in [0.25, 0.3) is 0 Å². The fourth-order valence-corrected chi connectivity index (χ4v) is 2.85. The number of rotatable bonds is 8. The Bertz CT molecular complexity index is 283. The van der Waals surface area contributed by atoms with Gasteiger partial charge in [-0.2, -0.15) is 0 Å². The van der Waals surface area contributed by atoms with E-state index in [1.807, 2.05) is 13.8 Å². The van der Waals surface area contributed by atoms with Crippen LogP contribution in [0.1, 0.15) is 58.8 Å². The van der Waals surface area contributed by atoms with Crippen molar-refractivity contribution in [2.75, 3.05) is 26.7 Å². The van der Waals surface area contributed by atoms with Gasteiger partial charge in [0.15, 0.2) is 0 Å². The molecule has 20 heavy (non-hydrogen) atoms. The van der Waals surface area contributed by atoms with Crippen LogP contribution >= 0.6 is 0 Å². The maximum Gasteiger partial charge on any atom is 0.227 e. The summed E-state index contributed by atoms with van der Waals surface area (Å²) in [6.45, 7) is 6.19. The summed E-state index contributed by atoms with van der Waals surface area (Å²) in [6, 6.07) is 0.754. The lowest BCUT2D eigenvalue weighted by Crippen LogP contribution is -2.44. The predicted molar refractivity (Wildman–Crippen MR) is 84.6 cm³/mol. The van der Waals surface area contributed by atoms with E-state index in [0.717, 1.165) is 32.0 Å². The summed E-state index contributed by atoms with van der Waals surface area (Å²) in [4.78, 5) is 14.5. The van der Waals surface area contributed by atoms with Gasteiger partial charge >= 0.3 is 0 Å². The van der Waals surface area contributed by atoms with Gasteiger partial charge in [-0.3, -0.25) is 4.79 Å². The van der Waals surface area contributed by atoms with Gasteiger partial charge in [-0.05, 0) is 46.2 Å². The number of hydrogen-bond donors (Lipinski definition) is 2. The molecule has 1 fully saturated rings. The Morgan fingerprint density at radius 1 is 1.35 bits per heavy atom. The molecule has 1 rings (SSSR count). The summed E-state index contributed by atoms with van der Waals surface area (Å²) < 4.78 is 0. The Kier molecular flexibility index (Phi) is 7.52. The minimum atomic E-state index is -0.407. The Hall–Kier alpha value is -0.610. The highest BCUT2D eigenvalue weighted by molar-refractivity contribution is 5.82. The summed E-state index contributed by atoms with van der Waals surface area (Å²) in [5.41, 5.74) is 5.29. The van der Waals surface area contributed by atoms with Gasteiger partial charge in [0.05, 0.1) is 5.41 Å². The van der Waals surface area contributed by atoms with Gasteiger partial charge in [0.1, 0.15) is 0 Å². The van der Waals surface area contributed by atoms with Gasteiger partial charge in [-0.15, -0.1) is 0 Å². The number of hydrogen-bond acceptors (Lipinski definition) is 3. The van der Waals surface area contributed by atoms with E-state index in [1.165, 1.54) is 32.1 Å². The van der Waals surface area contributed by atoms with Crippen molar-refractivity contribution >= 4 is 5.91 Å². The van der Waals surface area contributed by atoms with Crippen LogP contribution in [0.15, 0.2) is 0 Å². The SMILES string of the molecule is CCC(C)(CN)C(=O)NCCCN(C)C1CCCCC1. The summed E-state index contributed by atoms with van der Waals surface area (Å²) in [7, 11) is 2.22. The molecule has 4 heteroatoms. The summed E-state index contributed by atoms with van der Waals surface area (Å²) in [5, 5.41) is 3.04. The average molecular weight is 283 g/mol. The first-order chi connectivity index (χ1) is 9.53. The van der Waals surface area contributed by atoms with Crippen molar-refractivity contribution in [2.24, 2.45) is 11.1 Å². The molecule has 0 aromatic heterocycles. The summed E-state index contributed by atoms with van der Waals surface area (Å²) in [6.07, 6.45) is 8.62. The van der Waals surface area contributed by atoms with Crippen LogP contribution < -0.4 is 11.1 Å². The zero-order chi connectivity index (χ0) is 15.0. The largest absolute Gasteiger partial charge is 0.356 e. The molecule has 0 spiro atoms. The van der Waals surface area contributed by atoms with E-state index in [4.69, 9.17) is 5.73 Å². The molecule has 1 aliphatic carbocycles. The number of nitrogens with one attached hydrogen (secondary N) is 1. The Morgan fingerprint density at radius 2 is 2.00 bits per heavy atom. The van der Waals surface area contributed by atoms with Crippen molar-refractivity contribution in [3.63, 3.8) is 0 Å². The third-order valence-corrected chi connectivity index (χ3v) is 4.95. The molecule has 1 unspecified atom stereocenters. The second-order valence-corrected chi connectivity index (χ2v) is 6.50. The number of amides is 1. The van der Waals surface area contributed by atoms with Crippen LogP contribution in [-0.2, 0) is 4.79 Å². The van der Waals surface area contributed by atoms with Crippen LogP contribution in [0.3, 0.4) is 0 Å². The van der Waals surface area contributed by atoms with E-state index < -0.39 is 5.41 Å². The van der Waals surface area contributed by atoms with E-state index >= 15 is 0 Å². The molecule has 1 atom stereocenters. The summed E-state index contributed by atoms with van der Waals surface area (Å²) in [5.74, 6) is 0.0998. The predicted octanol–water partition coefficient (Wildman–Crippen LogP) is 2.13. The third kappa shape index (κ3) is 5.06. The second-order valence-electron chi connectivity index (χ2n) is 6.50. The molecule has 1 saturated carbocycles. The second kappa shape index (κ2) is 8.63. The minimum Gasteiger partial charge on any atom is -0.356 e. The number of nitrogens with zero attached hydrogens (tertiary/aromatic N) is 1.